The van der Waals surface area contributed by atoms with Crippen molar-refractivity contribution < 1.29 is 14.0 Å². The minimum absolute atomic E-state index is 0.0205. The van der Waals surface area contributed by atoms with Crippen molar-refractivity contribution in [2.45, 2.75) is 45.7 Å². The molecule has 0 spiro atoms. The van der Waals surface area contributed by atoms with Crippen LogP contribution in [-0.2, 0) is 16.1 Å². The quantitative estimate of drug-likeness (QED) is 0.798. The molecular formula is C17H27N3O3. The highest BCUT2D eigenvalue weighted by Gasteiger charge is 2.29. The maximum absolute atomic E-state index is 12.2. The molecular weight excluding hydrogens is 294 g/mol. The van der Waals surface area contributed by atoms with Gasteiger partial charge in [-0.2, -0.15) is 0 Å². The third-order valence-electron chi connectivity index (χ3n) is 4.39. The fraction of sp³-hybridized carbons (Fsp3) is 0.647. The third-order valence-corrected chi connectivity index (χ3v) is 4.39. The first kappa shape index (κ1) is 17.5. The first-order valence-corrected chi connectivity index (χ1v) is 8.43. The van der Waals surface area contributed by atoms with Crippen LogP contribution in [0.3, 0.4) is 0 Å². The fourth-order valence-electron chi connectivity index (χ4n) is 2.84. The molecule has 0 saturated carbocycles. The Hall–Kier alpha value is -1.82. The first-order chi connectivity index (χ1) is 11.1. The summed E-state index contributed by atoms with van der Waals surface area (Å²) >= 11 is 0. The van der Waals surface area contributed by atoms with Crippen LogP contribution in [0.2, 0.25) is 0 Å². The lowest BCUT2D eigenvalue weighted by Gasteiger charge is -2.34. The van der Waals surface area contributed by atoms with Crippen LogP contribution in [0.5, 0.6) is 0 Å². The first-order valence-electron chi connectivity index (χ1n) is 8.43. The van der Waals surface area contributed by atoms with E-state index in [1.165, 1.54) is 0 Å². The molecule has 2 amide bonds. The van der Waals surface area contributed by atoms with Crippen molar-refractivity contribution in [1.82, 2.24) is 15.5 Å². The van der Waals surface area contributed by atoms with E-state index in [2.05, 4.69) is 15.5 Å². The number of carbonyl (C=O) groups excluding carboxylic acids is 2. The van der Waals surface area contributed by atoms with Gasteiger partial charge < -0.3 is 15.1 Å². The summed E-state index contributed by atoms with van der Waals surface area (Å²) < 4.78 is 5.21. The molecule has 6 nitrogen and oxygen atoms in total. The van der Waals surface area contributed by atoms with Crippen LogP contribution in [0.25, 0.3) is 0 Å². The van der Waals surface area contributed by atoms with Crippen molar-refractivity contribution >= 4 is 11.8 Å². The SMILES string of the molecule is CCCNC(=O)C(C)N1CCC(C(=O)NCc2ccco2)CC1. The predicted molar refractivity (Wildman–Crippen MR) is 87.6 cm³/mol. The summed E-state index contributed by atoms with van der Waals surface area (Å²) in [4.78, 5) is 26.4. The third kappa shape index (κ3) is 5.10. The van der Waals surface area contributed by atoms with Crippen molar-refractivity contribution in [2.24, 2.45) is 5.92 Å². The monoisotopic (exact) mass is 321 g/mol. The maximum atomic E-state index is 12.2. The zero-order valence-corrected chi connectivity index (χ0v) is 14.0. The number of nitrogens with zero attached hydrogens (tertiary/aromatic N) is 1. The van der Waals surface area contributed by atoms with Crippen molar-refractivity contribution in [2.75, 3.05) is 19.6 Å². The second kappa shape index (κ2) is 8.72. The van der Waals surface area contributed by atoms with E-state index >= 15 is 0 Å². The Kier molecular flexibility index (Phi) is 6.65. The molecule has 0 aliphatic carbocycles. The van der Waals surface area contributed by atoms with Gasteiger partial charge in [-0.05, 0) is 51.4 Å². The van der Waals surface area contributed by atoms with Gasteiger partial charge in [-0.15, -0.1) is 0 Å². The molecule has 1 fully saturated rings. The van der Waals surface area contributed by atoms with Crippen LogP contribution in [0, 0.1) is 5.92 Å². The largest absolute Gasteiger partial charge is 0.467 e. The van der Waals surface area contributed by atoms with Crippen LogP contribution < -0.4 is 10.6 Å². The van der Waals surface area contributed by atoms with Crippen molar-refractivity contribution in [3.8, 4) is 0 Å². The molecule has 1 unspecified atom stereocenters. The second-order valence-electron chi connectivity index (χ2n) is 6.07. The smallest absolute Gasteiger partial charge is 0.237 e. The number of nitrogens with one attached hydrogen (secondary N) is 2. The van der Waals surface area contributed by atoms with E-state index in [4.69, 9.17) is 4.42 Å². The Morgan fingerprint density at radius 1 is 1.35 bits per heavy atom. The molecule has 23 heavy (non-hydrogen) atoms. The van der Waals surface area contributed by atoms with E-state index in [-0.39, 0.29) is 23.8 Å². The number of hydrogen-bond donors (Lipinski definition) is 2. The van der Waals surface area contributed by atoms with E-state index in [1.807, 2.05) is 26.0 Å². The Morgan fingerprint density at radius 2 is 2.09 bits per heavy atom. The van der Waals surface area contributed by atoms with Crippen molar-refractivity contribution in [3.05, 3.63) is 24.2 Å². The number of carbonyl (C=O) groups is 2. The van der Waals surface area contributed by atoms with Crippen LogP contribution in [0.4, 0.5) is 0 Å². The van der Waals surface area contributed by atoms with Crippen LogP contribution in [0.15, 0.2) is 22.8 Å². The molecule has 0 radical (unpaired) electrons. The van der Waals surface area contributed by atoms with Gasteiger partial charge >= 0.3 is 0 Å². The number of rotatable bonds is 7. The predicted octanol–water partition coefficient (Wildman–Crippen LogP) is 1.52. The van der Waals surface area contributed by atoms with Gasteiger partial charge in [0.1, 0.15) is 5.76 Å². The Morgan fingerprint density at radius 3 is 2.70 bits per heavy atom. The summed E-state index contributed by atoms with van der Waals surface area (Å²) in [5.41, 5.74) is 0. The summed E-state index contributed by atoms with van der Waals surface area (Å²) in [6.45, 7) is 6.68. The summed E-state index contributed by atoms with van der Waals surface area (Å²) in [5, 5.41) is 5.85. The van der Waals surface area contributed by atoms with Gasteiger partial charge in [0.2, 0.25) is 11.8 Å². The maximum Gasteiger partial charge on any atom is 0.237 e. The van der Waals surface area contributed by atoms with Gasteiger partial charge in [0.15, 0.2) is 0 Å². The number of amides is 2. The molecule has 6 heteroatoms. The molecule has 2 heterocycles. The fourth-order valence-corrected chi connectivity index (χ4v) is 2.84. The number of likely N-dealkylation sites (tertiary alicyclic amines) is 1. The molecule has 0 bridgehead atoms. The Bertz CT molecular complexity index is 493. The topological polar surface area (TPSA) is 74.6 Å². The molecule has 1 saturated heterocycles. The molecule has 2 rings (SSSR count). The minimum atomic E-state index is -0.131. The van der Waals surface area contributed by atoms with Gasteiger partial charge in [-0.3, -0.25) is 14.5 Å². The average Bonchev–Trinajstić information content (AvgIpc) is 3.10. The van der Waals surface area contributed by atoms with Gasteiger partial charge in [0, 0.05) is 12.5 Å². The van der Waals surface area contributed by atoms with Gasteiger partial charge in [-0.1, -0.05) is 6.92 Å². The molecule has 0 aromatic carbocycles. The summed E-state index contributed by atoms with van der Waals surface area (Å²) in [7, 11) is 0. The summed E-state index contributed by atoms with van der Waals surface area (Å²) in [5.74, 6) is 0.931. The van der Waals surface area contributed by atoms with E-state index in [9.17, 15) is 9.59 Å². The van der Waals surface area contributed by atoms with Gasteiger partial charge in [0.05, 0.1) is 18.8 Å². The van der Waals surface area contributed by atoms with Crippen molar-refractivity contribution in [1.29, 1.82) is 0 Å². The Balaban J connectivity index is 1.72. The van der Waals surface area contributed by atoms with Gasteiger partial charge in [0.25, 0.3) is 0 Å². The van der Waals surface area contributed by atoms with Gasteiger partial charge in [-0.25, -0.2) is 0 Å². The highest BCUT2D eigenvalue weighted by atomic mass is 16.3. The van der Waals surface area contributed by atoms with Crippen LogP contribution in [-0.4, -0.2) is 42.4 Å². The molecule has 1 aliphatic heterocycles. The number of hydrogen-bond acceptors (Lipinski definition) is 4. The lowest BCUT2D eigenvalue weighted by Crippen LogP contribution is -2.49. The summed E-state index contributed by atoms with van der Waals surface area (Å²) in [6.07, 6.45) is 4.12. The minimum Gasteiger partial charge on any atom is -0.467 e. The molecule has 128 valence electrons. The highest BCUT2D eigenvalue weighted by Crippen LogP contribution is 2.19. The highest BCUT2D eigenvalue weighted by molar-refractivity contribution is 5.81. The number of piperidine rings is 1. The Labute approximate surface area is 137 Å². The lowest BCUT2D eigenvalue weighted by atomic mass is 9.95. The summed E-state index contributed by atoms with van der Waals surface area (Å²) in [6, 6.07) is 3.53. The average molecular weight is 321 g/mol. The second-order valence-corrected chi connectivity index (χ2v) is 6.07. The van der Waals surface area contributed by atoms with E-state index in [1.54, 1.807) is 6.26 Å². The lowest BCUT2D eigenvalue weighted by molar-refractivity contribution is -0.128. The van der Waals surface area contributed by atoms with E-state index in [0.717, 1.165) is 44.7 Å². The van der Waals surface area contributed by atoms with Crippen molar-refractivity contribution in [3.63, 3.8) is 0 Å². The normalized spacial score (nSPS) is 17.7. The molecule has 1 aliphatic rings. The van der Waals surface area contributed by atoms with Crippen LogP contribution in [0.1, 0.15) is 38.9 Å². The number of furan rings is 1. The van der Waals surface area contributed by atoms with E-state index < -0.39 is 0 Å². The molecule has 1 aromatic rings. The molecule has 1 atom stereocenters. The molecule has 1 aromatic heterocycles. The zero-order valence-electron chi connectivity index (χ0n) is 14.0. The van der Waals surface area contributed by atoms with E-state index in [0.29, 0.717) is 6.54 Å². The zero-order chi connectivity index (χ0) is 16.7. The standard InChI is InChI=1S/C17H27N3O3/c1-3-8-18-16(21)13(2)20-9-6-14(7-10-20)17(22)19-12-15-5-4-11-23-15/h4-5,11,13-14H,3,6-10,12H2,1-2H3,(H,18,21)(H,19,22). The van der Waals surface area contributed by atoms with Crippen LogP contribution >= 0.6 is 0 Å². The molecule has 2 N–H and O–H groups in total.